The van der Waals surface area contributed by atoms with Crippen molar-refractivity contribution in [3.63, 3.8) is 0 Å². The third kappa shape index (κ3) is 4.33. The highest BCUT2D eigenvalue weighted by Crippen LogP contribution is 2.37. The lowest BCUT2D eigenvalue weighted by molar-refractivity contribution is 0.0277. The molecule has 0 radical (unpaired) electrons. The largest absolute Gasteiger partial charge is 0.367 e. The molecule has 6 rings (SSSR count). The van der Waals surface area contributed by atoms with E-state index in [9.17, 15) is 0 Å². The number of nitrogens with zero attached hydrogens (tertiary/aromatic N) is 5. The Kier molecular flexibility index (Phi) is 5.58. The van der Waals surface area contributed by atoms with E-state index in [4.69, 9.17) is 4.98 Å². The summed E-state index contributed by atoms with van der Waals surface area (Å²) in [6.45, 7) is 3.00. The molecule has 2 aliphatic heterocycles. The molecule has 2 aliphatic rings. The van der Waals surface area contributed by atoms with Crippen LogP contribution in [-0.2, 0) is 6.54 Å². The number of aryl methyl sites for hydroxylation is 1. The minimum absolute atomic E-state index is 0.391. The Labute approximate surface area is 199 Å². The summed E-state index contributed by atoms with van der Waals surface area (Å²) in [5.41, 5.74) is 3.28. The van der Waals surface area contributed by atoms with Crippen molar-refractivity contribution in [1.29, 1.82) is 0 Å². The first-order valence-corrected chi connectivity index (χ1v) is 12.2. The van der Waals surface area contributed by atoms with Crippen molar-refractivity contribution in [3.8, 4) is 0 Å². The molecule has 34 heavy (non-hydrogen) atoms. The van der Waals surface area contributed by atoms with Gasteiger partial charge in [0.25, 0.3) is 0 Å². The Hall–Kier alpha value is -3.52. The third-order valence-corrected chi connectivity index (χ3v) is 7.14. The van der Waals surface area contributed by atoms with Crippen LogP contribution in [0.25, 0.3) is 10.9 Å². The van der Waals surface area contributed by atoms with Gasteiger partial charge in [0.15, 0.2) is 5.82 Å². The van der Waals surface area contributed by atoms with Gasteiger partial charge in [0, 0.05) is 66.5 Å². The van der Waals surface area contributed by atoms with Gasteiger partial charge in [-0.1, -0.05) is 6.42 Å². The molecule has 0 spiro atoms. The van der Waals surface area contributed by atoms with Crippen molar-refractivity contribution in [2.24, 2.45) is 0 Å². The predicted octanol–water partition coefficient (Wildman–Crippen LogP) is 4.80. The molecule has 0 saturated carbocycles. The Balaban J connectivity index is 1.23. The molecule has 3 N–H and O–H groups in total. The van der Waals surface area contributed by atoms with Crippen molar-refractivity contribution in [1.82, 2.24) is 30.0 Å². The summed E-state index contributed by atoms with van der Waals surface area (Å²) in [5, 5.41) is 15.4. The summed E-state index contributed by atoms with van der Waals surface area (Å²) < 4.78 is 0. The van der Waals surface area contributed by atoms with E-state index in [-0.39, 0.29) is 0 Å². The minimum Gasteiger partial charge on any atom is -0.367 e. The Morgan fingerprint density at radius 2 is 1.85 bits per heavy atom. The van der Waals surface area contributed by atoms with Crippen LogP contribution in [0.5, 0.6) is 0 Å². The van der Waals surface area contributed by atoms with Crippen molar-refractivity contribution < 1.29 is 0 Å². The van der Waals surface area contributed by atoms with Crippen LogP contribution in [0.3, 0.4) is 0 Å². The van der Waals surface area contributed by atoms with Crippen molar-refractivity contribution >= 4 is 28.4 Å². The molecule has 1 unspecified atom stereocenters. The maximum absolute atomic E-state index is 4.94. The summed E-state index contributed by atoms with van der Waals surface area (Å²) in [6, 6.07) is 13.9. The number of piperidine rings is 2. The number of aromatic nitrogens is 5. The second kappa shape index (κ2) is 9.02. The van der Waals surface area contributed by atoms with Crippen LogP contribution in [0.4, 0.5) is 17.5 Å². The molecule has 2 fully saturated rings. The average Bonchev–Trinajstić information content (AvgIpc) is 3.24. The van der Waals surface area contributed by atoms with Gasteiger partial charge in [0.1, 0.15) is 11.6 Å². The second-order valence-corrected chi connectivity index (χ2v) is 9.57. The van der Waals surface area contributed by atoms with Gasteiger partial charge in [-0.2, -0.15) is 5.10 Å². The summed E-state index contributed by atoms with van der Waals surface area (Å²) >= 11 is 0. The van der Waals surface area contributed by atoms with Crippen LogP contribution in [0.1, 0.15) is 43.4 Å². The fourth-order valence-electron chi connectivity index (χ4n) is 5.61. The van der Waals surface area contributed by atoms with E-state index in [0.29, 0.717) is 18.1 Å². The first-order chi connectivity index (χ1) is 16.7. The number of H-pyrrole nitrogens is 1. The fraction of sp³-hybridized carbons (Fsp3) is 0.385. The summed E-state index contributed by atoms with van der Waals surface area (Å²) in [6.07, 6.45) is 11.7. The van der Waals surface area contributed by atoms with E-state index in [1.165, 1.54) is 24.8 Å². The van der Waals surface area contributed by atoms with E-state index in [1.807, 2.05) is 43.7 Å². The maximum atomic E-state index is 4.94. The van der Waals surface area contributed by atoms with E-state index < -0.39 is 0 Å². The maximum Gasteiger partial charge on any atom is 0.153 e. The monoisotopic (exact) mass is 454 g/mol. The number of fused-ring (bicyclic) bond motifs is 3. The normalized spacial score (nSPS) is 22.6. The second-order valence-electron chi connectivity index (χ2n) is 9.57. The zero-order valence-corrected chi connectivity index (χ0v) is 19.4. The molecular formula is C26H30N8. The van der Waals surface area contributed by atoms with Gasteiger partial charge >= 0.3 is 0 Å². The number of aromatic amines is 1. The fourth-order valence-corrected chi connectivity index (χ4v) is 5.61. The zero-order chi connectivity index (χ0) is 22.9. The van der Waals surface area contributed by atoms with Gasteiger partial charge in [-0.05, 0) is 62.4 Å². The Morgan fingerprint density at radius 3 is 2.62 bits per heavy atom. The molecule has 0 aromatic carbocycles. The number of pyridine rings is 3. The standard InChI is InChI=1S/C26H30N8/c1-17-12-25(33-32-17)30-24-15-23-22(6-3-9-28-23)26(31-24)29-19-13-20-4-2-5-21(14-19)34(20)16-18-7-10-27-11-8-18/h3,6-12,15,19-21H,2,4-5,13-14,16H2,1H3,(H3,29,30,31,32,33)/t19?,20-,21+. The highest BCUT2D eigenvalue weighted by Gasteiger charge is 2.38. The van der Waals surface area contributed by atoms with Crippen molar-refractivity contribution in [3.05, 3.63) is 66.2 Å². The molecule has 0 aliphatic carbocycles. The average molecular weight is 455 g/mol. The number of rotatable bonds is 6. The summed E-state index contributed by atoms with van der Waals surface area (Å²) in [5.74, 6) is 2.40. The predicted molar refractivity (Wildman–Crippen MR) is 134 cm³/mol. The zero-order valence-electron chi connectivity index (χ0n) is 19.4. The van der Waals surface area contributed by atoms with Gasteiger partial charge in [-0.15, -0.1) is 0 Å². The van der Waals surface area contributed by atoms with Crippen LogP contribution in [0.2, 0.25) is 0 Å². The molecular weight excluding hydrogens is 424 g/mol. The molecule has 4 aromatic heterocycles. The highest BCUT2D eigenvalue weighted by molar-refractivity contribution is 5.91. The molecule has 0 amide bonds. The molecule has 8 nitrogen and oxygen atoms in total. The van der Waals surface area contributed by atoms with Crippen LogP contribution in [0.15, 0.2) is 55.0 Å². The number of hydrogen-bond acceptors (Lipinski definition) is 7. The minimum atomic E-state index is 0.391. The quantitative estimate of drug-likeness (QED) is 0.385. The molecule has 2 saturated heterocycles. The van der Waals surface area contributed by atoms with E-state index in [2.05, 4.69) is 53.9 Å². The SMILES string of the molecule is Cc1cc(Nc2cc3ncccc3c(NC3C[C@H]4CCC[C@@H](C3)N4Cc3ccncc3)n2)n[nH]1. The lowest BCUT2D eigenvalue weighted by atomic mass is 9.81. The highest BCUT2D eigenvalue weighted by atomic mass is 15.2. The first-order valence-electron chi connectivity index (χ1n) is 12.2. The molecule has 174 valence electrons. The lowest BCUT2D eigenvalue weighted by Gasteiger charge is -2.49. The first kappa shape index (κ1) is 21.0. The molecule has 8 heteroatoms. The molecule has 3 atom stereocenters. The number of nitrogens with one attached hydrogen (secondary N) is 3. The van der Waals surface area contributed by atoms with Crippen molar-refractivity contribution in [2.75, 3.05) is 10.6 Å². The van der Waals surface area contributed by atoms with Gasteiger partial charge < -0.3 is 10.6 Å². The van der Waals surface area contributed by atoms with Gasteiger partial charge in [0.2, 0.25) is 0 Å². The lowest BCUT2D eigenvalue weighted by Crippen LogP contribution is -2.54. The number of hydrogen-bond donors (Lipinski definition) is 3. The molecule has 2 bridgehead atoms. The van der Waals surface area contributed by atoms with E-state index >= 15 is 0 Å². The van der Waals surface area contributed by atoms with E-state index in [0.717, 1.165) is 53.4 Å². The van der Waals surface area contributed by atoms with Gasteiger partial charge in [0.05, 0.1) is 5.52 Å². The van der Waals surface area contributed by atoms with Crippen LogP contribution < -0.4 is 10.6 Å². The van der Waals surface area contributed by atoms with Gasteiger partial charge in [-0.25, -0.2) is 4.98 Å². The van der Waals surface area contributed by atoms with Crippen molar-refractivity contribution in [2.45, 2.75) is 63.7 Å². The molecule has 6 heterocycles. The molecule has 4 aromatic rings. The van der Waals surface area contributed by atoms with Crippen LogP contribution in [0, 0.1) is 6.92 Å². The topological polar surface area (TPSA) is 94.7 Å². The summed E-state index contributed by atoms with van der Waals surface area (Å²) in [4.78, 5) is 16.4. The Morgan fingerprint density at radius 1 is 1.03 bits per heavy atom. The Bertz CT molecular complexity index is 1260. The third-order valence-electron chi connectivity index (χ3n) is 7.14. The smallest absolute Gasteiger partial charge is 0.153 e. The number of anilines is 3. The summed E-state index contributed by atoms with van der Waals surface area (Å²) in [7, 11) is 0. The van der Waals surface area contributed by atoms with Gasteiger partial charge in [-0.3, -0.25) is 20.0 Å². The van der Waals surface area contributed by atoms with E-state index in [1.54, 1.807) is 0 Å². The van der Waals surface area contributed by atoms with Crippen LogP contribution in [-0.4, -0.2) is 48.2 Å². The van der Waals surface area contributed by atoms with Crippen LogP contribution >= 0.6 is 0 Å².